The smallest absolute Gasteiger partial charge is 0.488 e. The molecule has 0 bridgehead atoms. The van der Waals surface area contributed by atoms with E-state index in [4.69, 9.17) is 21.6 Å². The van der Waals surface area contributed by atoms with E-state index in [2.05, 4.69) is 5.10 Å². The van der Waals surface area contributed by atoms with Crippen molar-refractivity contribution in [3.8, 4) is 11.4 Å². The van der Waals surface area contributed by atoms with Crippen LogP contribution in [0, 0.1) is 0 Å². The molecule has 0 fully saturated rings. The van der Waals surface area contributed by atoms with E-state index in [1.807, 2.05) is 0 Å². The number of aromatic hydroxyl groups is 1. The monoisotopic (exact) mass is 288 g/mol. The second-order valence-electron chi connectivity index (χ2n) is 4.40. The lowest BCUT2D eigenvalue weighted by atomic mass is 9.80. The zero-order chi connectivity index (χ0) is 14.3. The number of hydrogen-bond donors (Lipinski definition) is 3. The van der Waals surface area contributed by atoms with Crippen LogP contribution in [0.4, 0.5) is 0 Å². The van der Waals surface area contributed by atoms with Gasteiger partial charge in [-0.05, 0) is 35.8 Å². The van der Waals surface area contributed by atoms with Crippen LogP contribution in [0.15, 0.2) is 42.6 Å². The van der Waals surface area contributed by atoms with Crippen LogP contribution in [0.1, 0.15) is 0 Å². The molecule has 0 saturated heterocycles. The van der Waals surface area contributed by atoms with Crippen molar-refractivity contribution in [3.05, 3.63) is 47.6 Å². The number of rotatable bonds is 2. The van der Waals surface area contributed by atoms with Gasteiger partial charge < -0.3 is 15.2 Å². The molecular formula is C13H10BClN2O3. The number of fused-ring (bicyclic) bond motifs is 1. The zero-order valence-corrected chi connectivity index (χ0v) is 11.0. The molecule has 0 saturated carbocycles. The molecule has 3 N–H and O–H groups in total. The lowest BCUT2D eigenvalue weighted by molar-refractivity contribution is 0.426. The third-order valence-corrected chi connectivity index (χ3v) is 3.31. The summed E-state index contributed by atoms with van der Waals surface area (Å²) >= 11 is 6.13. The van der Waals surface area contributed by atoms with E-state index in [1.165, 1.54) is 6.07 Å². The Labute approximate surface area is 119 Å². The minimum Gasteiger partial charge on any atom is -0.508 e. The van der Waals surface area contributed by atoms with E-state index in [1.54, 1.807) is 41.2 Å². The van der Waals surface area contributed by atoms with Crippen molar-refractivity contribution in [1.29, 1.82) is 0 Å². The van der Waals surface area contributed by atoms with Crippen molar-refractivity contribution in [1.82, 2.24) is 9.78 Å². The second-order valence-corrected chi connectivity index (χ2v) is 4.81. The second kappa shape index (κ2) is 4.83. The van der Waals surface area contributed by atoms with E-state index in [0.717, 1.165) is 10.9 Å². The Kier molecular flexibility index (Phi) is 3.14. The van der Waals surface area contributed by atoms with Gasteiger partial charge >= 0.3 is 7.12 Å². The maximum Gasteiger partial charge on any atom is 0.488 e. The summed E-state index contributed by atoms with van der Waals surface area (Å²) < 4.78 is 1.58. The van der Waals surface area contributed by atoms with E-state index in [9.17, 15) is 5.11 Å². The molecule has 20 heavy (non-hydrogen) atoms. The first kappa shape index (κ1) is 13.0. The lowest BCUT2D eigenvalue weighted by Crippen LogP contribution is -2.29. The van der Waals surface area contributed by atoms with Crippen LogP contribution in [-0.4, -0.2) is 32.1 Å². The van der Waals surface area contributed by atoms with Gasteiger partial charge in [0.1, 0.15) is 5.75 Å². The molecule has 1 heterocycles. The van der Waals surface area contributed by atoms with Crippen molar-refractivity contribution >= 4 is 35.1 Å². The van der Waals surface area contributed by atoms with E-state index in [0.29, 0.717) is 16.2 Å². The topological polar surface area (TPSA) is 78.5 Å². The van der Waals surface area contributed by atoms with Gasteiger partial charge in [0.25, 0.3) is 0 Å². The number of phenols is 1. The molecule has 0 aliphatic carbocycles. The summed E-state index contributed by atoms with van der Waals surface area (Å²) in [5, 5.41) is 33.1. The SMILES string of the molecule is OB(O)c1ccc(-n2cc3cc(O)ccc3n2)c(Cl)c1. The Morgan fingerprint density at radius 2 is 1.90 bits per heavy atom. The van der Waals surface area contributed by atoms with Crippen molar-refractivity contribution in [2.24, 2.45) is 0 Å². The number of hydrogen-bond acceptors (Lipinski definition) is 4. The number of phenolic OH excluding ortho intramolecular Hbond substituents is 1. The van der Waals surface area contributed by atoms with Crippen LogP contribution >= 0.6 is 11.6 Å². The van der Waals surface area contributed by atoms with Gasteiger partial charge in [-0.15, -0.1) is 0 Å². The summed E-state index contributed by atoms with van der Waals surface area (Å²) in [5.74, 6) is 0.168. The Hall–Kier alpha value is -2.02. The number of nitrogens with zero attached hydrogens (tertiary/aromatic N) is 2. The molecule has 7 heteroatoms. The molecule has 0 spiro atoms. The molecule has 0 atom stereocenters. The molecule has 0 aliphatic heterocycles. The van der Waals surface area contributed by atoms with Gasteiger partial charge in [-0.1, -0.05) is 17.7 Å². The van der Waals surface area contributed by atoms with Gasteiger partial charge in [0.05, 0.1) is 16.2 Å². The number of benzene rings is 2. The summed E-state index contributed by atoms with van der Waals surface area (Å²) in [5.41, 5.74) is 1.66. The summed E-state index contributed by atoms with van der Waals surface area (Å²) in [4.78, 5) is 0. The number of aromatic nitrogens is 2. The molecule has 0 unspecified atom stereocenters. The largest absolute Gasteiger partial charge is 0.508 e. The van der Waals surface area contributed by atoms with Crippen molar-refractivity contribution in [3.63, 3.8) is 0 Å². The van der Waals surface area contributed by atoms with Gasteiger partial charge in [-0.3, -0.25) is 0 Å². The average molecular weight is 288 g/mol. The van der Waals surface area contributed by atoms with Crippen LogP contribution in [-0.2, 0) is 0 Å². The van der Waals surface area contributed by atoms with E-state index in [-0.39, 0.29) is 5.75 Å². The van der Waals surface area contributed by atoms with Crippen LogP contribution in [0.2, 0.25) is 5.02 Å². The third kappa shape index (κ3) is 2.25. The van der Waals surface area contributed by atoms with Gasteiger partial charge in [0.2, 0.25) is 0 Å². The van der Waals surface area contributed by atoms with Gasteiger partial charge in [-0.25, -0.2) is 4.68 Å². The lowest BCUT2D eigenvalue weighted by Gasteiger charge is -2.06. The molecule has 0 aliphatic rings. The van der Waals surface area contributed by atoms with Crippen LogP contribution in [0.5, 0.6) is 5.75 Å². The highest BCUT2D eigenvalue weighted by atomic mass is 35.5. The Balaban J connectivity index is 2.10. The minimum absolute atomic E-state index is 0.168. The molecule has 0 amide bonds. The van der Waals surface area contributed by atoms with E-state index < -0.39 is 7.12 Å². The third-order valence-electron chi connectivity index (χ3n) is 3.00. The summed E-state index contributed by atoms with van der Waals surface area (Å²) in [7, 11) is -1.56. The van der Waals surface area contributed by atoms with Crippen molar-refractivity contribution < 1.29 is 15.2 Å². The summed E-state index contributed by atoms with van der Waals surface area (Å²) in [6, 6.07) is 9.58. The Bertz CT molecular complexity index is 788. The van der Waals surface area contributed by atoms with Gasteiger partial charge in [0, 0.05) is 11.6 Å². The molecule has 2 aromatic carbocycles. The molecule has 1 aromatic heterocycles. The molecule has 100 valence electrons. The highest BCUT2D eigenvalue weighted by molar-refractivity contribution is 6.59. The average Bonchev–Trinajstić information content (AvgIpc) is 2.80. The maximum atomic E-state index is 9.44. The predicted molar refractivity (Wildman–Crippen MR) is 77.6 cm³/mol. The van der Waals surface area contributed by atoms with E-state index >= 15 is 0 Å². The molecule has 3 aromatic rings. The number of halogens is 1. The first-order valence-electron chi connectivity index (χ1n) is 5.89. The van der Waals surface area contributed by atoms with Crippen LogP contribution in [0.25, 0.3) is 16.6 Å². The fraction of sp³-hybridized carbons (Fsp3) is 0. The zero-order valence-electron chi connectivity index (χ0n) is 10.2. The van der Waals surface area contributed by atoms with Crippen LogP contribution < -0.4 is 5.46 Å². The van der Waals surface area contributed by atoms with Crippen LogP contribution in [0.3, 0.4) is 0 Å². The van der Waals surface area contributed by atoms with Gasteiger partial charge in [0.15, 0.2) is 0 Å². The Morgan fingerprint density at radius 1 is 1.10 bits per heavy atom. The summed E-state index contributed by atoms with van der Waals surface area (Å²) in [6.07, 6.45) is 1.74. The molecule has 3 rings (SSSR count). The Morgan fingerprint density at radius 3 is 2.60 bits per heavy atom. The predicted octanol–water partition coefficient (Wildman–Crippen LogP) is 1.06. The molecule has 5 nitrogen and oxygen atoms in total. The maximum absolute atomic E-state index is 9.44. The van der Waals surface area contributed by atoms with Crippen molar-refractivity contribution in [2.45, 2.75) is 0 Å². The fourth-order valence-electron chi connectivity index (χ4n) is 2.01. The van der Waals surface area contributed by atoms with Crippen molar-refractivity contribution in [2.75, 3.05) is 0 Å². The first-order chi connectivity index (χ1) is 9.54. The first-order valence-corrected chi connectivity index (χ1v) is 6.27. The molecular weight excluding hydrogens is 278 g/mol. The quantitative estimate of drug-likeness (QED) is 0.616. The summed E-state index contributed by atoms with van der Waals surface area (Å²) in [6.45, 7) is 0. The highest BCUT2D eigenvalue weighted by Gasteiger charge is 2.14. The van der Waals surface area contributed by atoms with Gasteiger partial charge in [-0.2, -0.15) is 5.10 Å². The normalized spacial score (nSPS) is 10.9. The minimum atomic E-state index is -1.56. The standard InChI is InChI=1S/C13H10BClN2O3/c15-11-6-9(14(19)20)1-4-13(11)17-7-8-5-10(18)2-3-12(8)16-17/h1-7,18-20H. The fourth-order valence-corrected chi connectivity index (χ4v) is 2.28. The molecule has 0 radical (unpaired) electrons. The highest BCUT2D eigenvalue weighted by Crippen LogP contribution is 2.23.